The van der Waals surface area contributed by atoms with Gasteiger partial charge in [-0.15, -0.1) is 23.5 Å². The quantitative estimate of drug-likeness (QED) is 0.663. The van der Waals surface area contributed by atoms with Gasteiger partial charge in [0.05, 0.1) is 5.02 Å². The molecule has 0 fully saturated rings. The van der Waals surface area contributed by atoms with Crippen LogP contribution in [0.3, 0.4) is 0 Å². The van der Waals surface area contributed by atoms with E-state index in [0.717, 1.165) is 21.2 Å². The monoisotopic (exact) mass is 331 g/mol. The van der Waals surface area contributed by atoms with Crippen molar-refractivity contribution in [3.63, 3.8) is 0 Å². The Morgan fingerprint density at radius 3 is 2.11 bits per heavy atom. The fraction of sp³-hybridized carbons (Fsp3) is 0.167. The Labute approximate surface area is 130 Å². The molecule has 0 spiro atoms. The van der Waals surface area contributed by atoms with Crippen LogP contribution in [0.5, 0.6) is 0 Å². The van der Waals surface area contributed by atoms with Gasteiger partial charge in [0.1, 0.15) is 10.1 Å². The van der Waals surface area contributed by atoms with Crippen LogP contribution in [0.1, 0.15) is 0 Å². The molecule has 1 heterocycles. The summed E-state index contributed by atoms with van der Waals surface area (Å²) in [7, 11) is 0. The van der Waals surface area contributed by atoms with Gasteiger partial charge in [-0.1, -0.05) is 29.3 Å². The van der Waals surface area contributed by atoms with Gasteiger partial charge in [0, 0.05) is 16.1 Å². The van der Waals surface area contributed by atoms with Crippen LogP contribution in [0.15, 0.2) is 28.3 Å². The zero-order chi connectivity index (χ0) is 14.0. The maximum absolute atomic E-state index is 6.27. The van der Waals surface area contributed by atoms with Crippen LogP contribution >= 0.6 is 46.7 Å². The lowest BCUT2D eigenvalue weighted by Crippen LogP contribution is -2.01. The maximum Gasteiger partial charge on any atom is 0.222 e. The summed E-state index contributed by atoms with van der Waals surface area (Å²) in [5, 5.41) is 2.79. The van der Waals surface area contributed by atoms with E-state index in [1.54, 1.807) is 12.1 Å². The van der Waals surface area contributed by atoms with E-state index in [-0.39, 0.29) is 5.95 Å². The Morgan fingerprint density at radius 1 is 1.05 bits per heavy atom. The molecule has 2 rings (SSSR count). The third-order valence-electron chi connectivity index (χ3n) is 2.45. The number of benzene rings is 1. The van der Waals surface area contributed by atoms with E-state index in [1.165, 1.54) is 23.5 Å². The molecule has 0 aliphatic carbocycles. The molecule has 3 nitrogen and oxygen atoms in total. The second-order valence-electron chi connectivity index (χ2n) is 3.60. The number of hydrogen-bond donors (Lipinski definition) is 1. The zero-order valence-electron chi connectivity index (χ0n) is 10.3. The molecule has 100 valence electrons. The number of thioether (sulfide) groups is 2. The number of anilines is 1. The second kappa shape index (κ2) is 6.22. The average Bonchev–Trinajstić information content (AvgIpc) is 2.38. The molecule has 0 radical (unpaired) electrons. The van der Waals surface area contributed by atoms with Gasteiger partial charge < -0.3 is 5.73 Å². The number of nitrogens with zero attached hydrogens (tertiary/aromatic N) is 2. The fourth-order valence-corrected chi connectivity index (χ4v) is 3.41. The highest BCUT2D eigenvalue weighted by Gasteiger charge is 2.17. The van der Waals surface area contributed by atoms with E-state index in [0.29, 0.717) is 10.0 Å². The van der Waals surface area contributed by atoms with Crippen molar-refractivity contribution >= 4 is 52.7 Å². The number of hydrogen-bond acceptors (Lipinski definition) is 5. The smallest absolute Gasteiger partial charge is 0.222 e. The van der Waals surface area contributed by atoms with Crippen LogP contribution in [0.25, 0.3) is 11.1 Å². The van der Waals surface area contributed by atoms with E-state index in [4.69, 9.17) is 28.9 Å². The highest BCUT2D eigenvalue weighted by molar-refractivity contribution is 7.99. The van der Waals surface area contributed by atoms with Crippen LogP contribution in [0.2, 0.25) is 10.0 Å². The predicted octanol–water partition coefficient (Wildman–Crippen LogP) is 4.48. The van der Waals surface area contributed by atoms with Crippen molar-refractivity contribution in [1.29, 1.82) is 0 Å². The summed E-state index contributed by atoms with van der Waals surface area (Å²) in [4.78, 5) is 8.53. The highest BCUT2D eigenvalue weighted by atomic mass is 35.5. The van der Waals surface area contributed by atoms with Crippen LogP contribution in [-0.4, -0.2) is 22.5 Å². The minimum Gasteiger partial charge on any atom is -0.368 e. The fourth-order valence-electron chi connectivity index (χ4n) is 1.65. The molecule has 7 heteroatoms. The first-order valence-electron chi connectivity index (χ1n) is 5.27. The van der Waals surface area contributed by atoms with Gasteiger partial charge in [-0.3, -0.25) is 0 Å². The topological polar surface area (TPSA) is 51.8 Å². The van der Waals surface area contributed by atoms with Gasteiger partial charge in [0.2, 0.25) is 5.95 Å². The molecule has 0 unspecified atom stereocenters. The first-order chi connectivity index (χ1) is 9.06. The number of nitrogens with two attached hydrogens (primary N) is 1. The minimum atomic E-state index is 0.266. The molecule has 0 bridgehead atoms. The molecule has 0 atom stereocenters. The number of rotatable bonds is 3. The van der Waals surface area contributed by atoms with E-state index in [2.05, 4.69) is 9.97 Å². The van der Waals surface area contributed by atoms with Gasteiger partial charge in [0.15, 0.2) is 0 Å². The van der Waals surface area contributed by atoms with E-state index < -0.39 is 0 Å². The summed E-state index contributed by atoms with van der Waals surface area (Å²) in [6, 6.07) is 5.38. The lowest BCUT2D eigenvalue weighted by molar-refractivity contribution is 0.993. The van der Waals surface area contributed by atoms with Crippen LogP contribution in [-0.2, 0) is 0 Å². The number of aromatic nitrogens is 2. The Bertz CT molecular complexity index is 595. The Kier molecular flexibility index (Phi) is 4.84. The summed E-state index contributed by atoms with van der Waals surface area (Å²) in [6.07, 6.45) is 3.89. The number of halogens is 2. The van der Waals surface area contributed by atoms with E-state index >= 15 is 0 Å². The molecule has 1 aromatic heterocycles. The largest absolute Gasteiger partial charge is 0.368 e. The van der Waals surface area contributed by atoms with Crippen molar-refractivity contribution in [3.05, 3.63) is 28.2 Å². The van der Waals surface area contributed by atoms with Crippen molar-refractivity contribution in [3.8, 4) is 11.1 Å². The van der Waals surface area contributed by atoms with Crippen LogP contribution in [0.4, 0.5) is 5.95 Å². The highest BCUT2D eigenvalue weighted by Crippen LogP contribution is 2.40. The normalized spacial score (nSPS) is 10.7. The molecular weight excluding hydrogens is 321 g/mol. The second-order valence-corrected chi connectivity index (χ2v) is 6.03. The SMILES string of the molecule is CSc1nc(N)nc(SC)c1-c1ccc(Cl)cc1Cl. The van der Waals surface area contributed by atoms with Crippen molar-refractivity contribution in [1.82, 2.24) is 9.97 Å². The third kappa shape index (κ3) is 3.11. The Balaban J connectivity index is 2.72. The average molecular weight is 332 g/mol. The lowest BCUT2D eigenvalue weighted by atomic mass is 10.1. The minimum absolute atomic E-state index is 0.266. The molecule has 0 saturated heterocycles. The standard InChI is InChI=1S/C12H11Cl2N3S2/c1-18-10-9(11(19-2)17-12(15)16-10)7-4-3-6(13)5-8(7)14/h3-5H,1-2H3,(H2,15,16,17). The molecule has 0 aliphatic heterocycles. The van der Waals surface area contributed by atoms with E-state index in [1.807, 2.05) is 18.6 Å². The molecule has 2 N–H and O–H groups in total. The first-order valence-corrected chi connectivity index (χ1v) is 8.48. The predicted molar refractivity (Wildman–Crippen MR) is 85.5 cm³/mol. The lowest BCUT2D eigenvalue weighted by Gasteiger charge is -2.13. The molecule has 0 saturated carbocycles. The third-order valence-corrected chi connectivity index (χ3v) is 4.36. The first kappa shape index (κ1) is 14.8. The Morgan fingerprint density at radius 2 is 1.63 bits per heavy atom. The maximum atomic E-state index is 6.27. The summed E-state index contributed by atoms with van der Waals surface area (Å²) in [6.45, 7) is 0. The molecule has 2 aromatic rings. The van der Waals surface area contributed by atoms with E-state index in [9.17, 15) is 0 Å². The summed E-state index contributed by atoms with van der Waals surface area (Å²) in [5.74, 6) is 0.266. The summed E-state index contributed by atoms with van der Waals surface area (Å²) >= 11 is 15.2. The molecule has 1 aromatic carbocycles. The van der Waals surface area contributed by atoms with Crippen LogP contribution in [0, 0.1) is 0 Å². The van der Waals surface area contributed by atoms with Gasteiger partial charge in [-0.25, -0.2) is 9.97 Å². The Hall–Kier alpha value is -0.620. The van der Waals surface area contributed by atoms with Crippen molar-refractivity contribution < 1.29 is 0 Å². The van der Waals surface area contributed by atoms with Gasteiger partial charge in [0.25, 0.3) is 0 Å². The van der Waals surface area contributed by atoms with Crippen LogP contribution < -0.4 is 5.73 Å². The molecule has 0 aliphatic rings. The summed E-state index contributed by atoms with van der Waals surface area (Å²) < 4.78 is 0. The van der Waals surface area contributed by atoms with Gasteiger partial charge >= 0.3 is 0 Å². The zero-order valence-corrected chi connectivity index (χ0v) is 13.4. The molecule has 19 heavy (non-hydrogen) atoms. The molecule has 0 amide bonds. The van der Waals surface area contributed by atoms with Crippen molar-refractivity contribution in [2.75, 3.05) is 18.2 Å². The van der Waals surface area contributed by atoms with Gasteiger partial charge in [-0.05, 0) is 24.6 Å². The summed E-state index contributed by atoms with van der Waals surface area (Å²) in [5.41, 5.74) is 7.48. The van der Waals surface area contributed by atoms with Gasteiger partial charge in [-0.2, -0.15) is 0 Å². The van der Waals surface area contributed by atoms with Crippen molar-refractivity contribution in [2.24, 2.45) is 0 Å². The van der Waals surface area contributed by atoms with Crippen molar-refractivity contribution in [2.45, 2.75) is 10.1 Å². The number of nitrogen functional groups attached to an aromatic ring is 1. The molecular formula is C12H11Cl2N3S2.